The molecule has 2 aromatic rings. The van der Waals surface area contributed by atoms with Gasteiger partial charge in [0, 0.05) is 18.7 Å². The fourth-order valence-corrected chi connectivity index (χ4v) is 2.84. The van der Waals surface area contributed by atoms with Crippen LogP contribution in [0.15, 0.2) is 24.5 Å². The molecule has 2 fully saturated rings. The van der Waals surface area contributed by atoms with Crippen LogP contribution in [0.2, 0.25) is 0 Å². The second-order valence-corrected chi connectivity index (χ2v) is 5.92. The van der Waals surface area contributed by atoms with Gasteiger partial charge in [0.05, 0.1) is 30.5 Å². The summed E-state index contributed by atoms with van der Waals surface area (Å²) in [5.74, 6) is 1.95. The second-order valence-electron chi connectivity index (χ2n) is 5.92. The van der Waals surface area contributed by atoms with Gasteiger partial charge >= 0.3 is 0 Å². The van der Waals surface area contributed by atoms with Gasteiger partial charge in [-0.3, -0.25) is 4.98 Å². The molecule has 3 heterocycles. The van der Waals surface area contributed by atoms with Gasteiger partial charge in [0.15, 0.2) is 5.82 Å². The number of nitrogens with zero attached hydrogens (tertiary/aromatic N) is 4. The Balaban J connectivity index is 1.80. The first-order chi connectivity index (χ1) is 10.3. The first kappa shape index (κ1) is 12.9. The van der Waals surface area contributed by atoms with Crippen LogP contribution in [0.25, 0.3) is 5.69 Å². The molecule has 1 atom stereocenters. The third kappa shape index (κ3) is 2.15. The predicted molar refractivity (Wildman–Crippen MR) is 75.3 cm³/mol. The van der Waals surface area contributed by atoms with E-state index in [0.29, 0.717) is 6.61 Å². The Hall–Kier alpha value is -1.79. The summed E-state index contributed by atoms with van der Waals surface area (Å²) >= 11 is 0. The molecule has 1 aliphatic carbocycles. The van der Waals surface area contributed by atoms with Gasteiger partial charge in [0.2, 0.25) is 0 Å². The second kappa shape index (κ2) is 4.89. The van der Waals surface area contributed by atoms with Crippen molar-refractivity contribution in [3.63, 3.8) is 0 Å². The van der Waals surface area contributed by atoms with E-state index < -0.39 is 0 Å². The van der Waals surface area contributed by atoms with Crippen LogP contribution < -0.4 is 0 Å². The van der Waals surface area contributed by atoms with Crippen LogP contribution in [0.1, 0.15) is 36.8 Å². The van der Waals surface area contributed by atoms with Gasteiger partial charge in [0.25, 0.3) is 0 Å². The summed E-state index contributed by atoms with van der Waals surface area (Å²) in [5, 5.41) is 14.4. The maximum atomic E-state index is 9.73. The van der Waals surface area contributed by atoms with Gasteiger partial charge in [0.1, 0.15) is 5.82 Å². The fraction of sp³-hybridized carbons (Fsp3) is 0.533. The van der Waals surface area contributed by atoms with Crippen LogP contribution >= 0.6 is 0 Å². The Labute approximate surface area is 122 Å². The van der Waals surface area contributed by atoms with Crippen LogP contribution in [0.4, 0.5) is 0 Å². The molecule has 0 amide bonds. The third-order valence-corrected chi connectivity index (χ3v) is 4.44. The van der Waals surface area contributed by atoms with Gasteiger partial charge in [-0.25, -0.2) is 9.67 Å². The van der Waals surface area contributed by atoms with Crippen molar-refractivity contribution in [2.45, 2.75) is 30.6 Å². The Bertz CT molecular complexity index is 630. The van der Waals surface area contributed by atoms with Crippen LogP contribution in [0.3, 0.4) is 0 Å². The number of hydrogen-bond donors (Lipinski definition) is 1. The van der Waals surface area contributed by atoms with Gasteiger partial charge in [-0.15, -0.1) is 0 Å². The fourth-order valence-electron chi connectivity index (χ4n) is 2.84. The first-order valence-electron chi connectivity index (χ1n) is 7.39. The topological polar surface area (TPSA) is 73.1 Å². The lowest BCUT2D eigenvalue weighted by molar-refractivity contribution is 0.193. The van der Waals surface area contributed by atoms with E-state index >= 15 is 0 Å². The van der Waals surface area contributed by atoms with Crippen molar-refractivity contribution in [2.75, 3.05) is 19.8 Å². The quantitative estimate of drug-likeness (QED) is 0.914. The van der Waals surface area contributed by atoms with Crippen LogP contribution in [-0.4, -0.2) is 44.7 Å². The van der Waals surface area contributed by atoms with Gasteiger partial charge in [-0.1, -0.05) is 0 Å². The number of aromatic nitrogens is 4. The zero-order chi connectivity index (χ0) is 14.3. The summed E-state index contributed by atoms with van der Waals surface area (Å²) < 4.78 is 7.29. The molecule has 0 spiro atoms. The van der Waals surface area contributed by atoms with Crippen LogP contribution in [0.5, 0.6) is 0 Å². The molecule has 0 aromatic carbocycles. The average molecular weight is 286 g/mol. The number of aliphatic hydroxyl groups is 1. The van der Waals surface area contributed by atoms with Gasteiger partial charge in [-0.05, 0) is 31.4 Å². The van der Waals surface area contributed by atoms with Crippen molar-refractivity contribution < 1.29 is 9.84 Å². The van der Waals surface area contributed by atoms with E-state index in [2.05, 4.69) is 4.98 Å². The molecule has 4 rings (SSSR count). The summed E-state index contributed by atoms with van der Waals surface area (Å²) in [6.45, 7) is 1.57. The third-order valence-electron chi connectivity index (χ3n) is 4.44. The molecule has 2 aliphatic rings. The molecular formula is C15H18N4O2. The monoisotopic (exact) mass is 286 g/mol. The summed E-state index contributed by atoms with van der Waals surface area (Å²) in [6.07, 6.45) is 6.40. The van der Waals surface area contributed by atoms with Gasteiger partial charge < -0.3 is 9.84 Å². The maximum Gasteiger partial charge on any atom is 0.156 e. The highest BCUT2D eigenvalue weighted by molar-refractivity contribution is 5.33. The number of ether oxygens (including phenoxy) is 1. The lowest BCUT2D eigenvalue weighted by atomic mass is 10.1. The van der Waals surface area contributed by atoms with E-state index in [1.165, 1.54) is 0 Å². The molecule has 6 heteroatoms. The molecule has 1 saturated carbocycles. The van der Waals surface area contributed by atoms with Crippen LogP contribution in [0, 0.1) is 0 Å². The van der Waals surface area contributed by atoms with E-state index in [4.69, 9.17) is 14.8 Å². The minimum atomic E-state index is -0.222. The van der Waals surface area contributed by atoms with Crippen molar-refractivity contribution >= 4 is 0 Å². The molecule has 6 nitrogen and oxygen atoms in total. The normalized spacial score (nSPS) is 23.4. The summed E-state index contributed by atoms with van der Waals surface area (Å²) in [7, 11) is 0. The Kier molecular flexibility index (Phi) is 3.01. The van der Waals surface area contributed by atoms with Crippen molar-refractivity contribution in [1.29, 1.82) is 0 Å². The van der Waals surface area contributed by atoms with Crippen molar-refractivity contribution in [1.82, 2.24) is 19.7 Å². The summed E-state index contributed by atoms with van der Waals surface area (Å²) in [6, 6.07) is 3.85. The largest absolute Gasteiger partial charge is 0.395 e. The van der Waals surface area contributed by atoms with E-state index in [9.17, 15) is 5.11 Å². The molecule has 1 saturated heterocycles. The minimum Gasteiger partial charge on any atom is -0.395 e. The number of rotatable bonds is 4. The van der Waals surface area contributed by atoms with Crippen molar-refractivity contribution in [3.05, 3.63) is 36.2 Å². The van der Waals surface area contributed by atoms with E-state index in [0.717, 1.165) is 43.2 Å². The molecule has 1 aliphatic heterocycles. The lowest BCUT2D eigenvalue weighted by Gasteiger charge is -2.12. The van der Waals surface area contributed by atoms with Gasteiger partial charge in [-0.2, -0.15) is 5.10 Å². The Morgan fingerprint density at radius 1 is 1.43 bits per heavy atom. The number of pyridine rings is 1. The Morgan fingerprint density at radius 2 is 2.33 bits per heavy atom. The zero-order valence-corrected chi connectivity index (χ0v) is 11.8. The highest BCUT2D eigenvalue weighted by atomic mass is 16.5. The Morgan fingerprint density at radius 3 is 2.95 bits per heavy atom. The first-order valence-corrected chi connectivity index (χ1v) is 7.39. The minimum absolute atomic E-state index is 0.118. The van der Waals surface area contributed by atoms with Crippen molar-refractivity contribution in [3.8, 4) is 5.69 Å². The molecule has 110 valence electrons. The lowest BCUT2D eigenvalue weighted by Crippen LogP contribution is -2.18. The predicted octanol–water partition coefficient (Wildman–Crippen LogP) is 1.19. The smallest absolute Gasteiger partial charge is 0.156 e. The summed E-state index contributed by atoms with van der Waals surface area (Å²) in [5.41, 5.74) is 0.672. The standard InChI is InChI=1S/C15H18N4O2/c20-10-15(4-5-15)14-17-13(11-3-7-21-9-11)18-19(14)12-2-1-6-16-8-12/h1-2,6,8,11,20H,3-5,7,9-10H2. The van der Waals surface area contributed by atoms with E-state index in [1.807, 2.05) is 16.8 Å². The molecule has 1 N–H and O–H groups in total. The van der Waals surface area contributed by atoms with E-state index in [-0.39, 0.29) is 17.9 Å². The zero-order valence-electron chi connectivity index (χ0n) is 11.8. The highest BCUT2D eigenvalue weighted by Gasteiger charge is 2.48. The van der Waals surface area contributed by atoms with Crippen LogP contribution in [-0.2, 0) is 10.2 Å². The molecule has 0 radical (unpaired) electrons. The molecule has 0 bridgehead atoms. The average Bonchev–Trinajstić information content (AvgIpc) is 2.96. The number of hydrogen-bond acceptors (Lipinski definition) is 5. The molecule has 21 heavy (non-hydrogen) atoms. The number of aliphatic hydroxyl groups excluding tert-OH is 1. The van der Waals surface area contributed by atoms with E-state index in [1.54, 1.807) is 12.4 Å². The van der Waals surface area contributed by atoms with Crippen molar-refractivity contribution in [2.24, 2.45) is 0 Å². The molecular weight excluding hydrogens is 268 g/mol. The SMILES string of the molecule is OCC1(c2nc(C3CCOC3)nn2-c2cccnc2)CC1. The summed E-state index contributed by atoms with van der Waals surface area (Å²) in [4.78, 5) is 8.92. The maximum absolute atomic E-state index is 9.73. The highest BCUT2D eigenvalue weighted by Crippen LogP contribution is 2.47. The molecule has 1 unspecified atom stereocenters. The molecule has 2 aromatic heterocycles.